The third-order valence-electron chi connectivity index (χ3n) is 5.32. The van der Waals surface area contributed by atoms with E-state index in [-0.39, 0.29) is 12.6 Å². The van der Waals surface area contributed by atoms with Gasteiger partial charge in [-0.05, 0) is 18.9 Å². The van der Waals surface area contributed by atoms with Crippen LogP contribution in [-0.4, -0.2) is 63.1 Å². The number of nitrogens with zero attached hydrogens (tertiary/aromatic N) is 3. The lowest BCUT2D eigenvalue weighted by molar-refractivity contribution is -0.148. The number of alkyl halides is 4. The van der Waals surface area contributed by atoms with E-state index < -0.39 is 18.4 Å². The van der Waals surface area contributed by atoms with Crippen LogP contribution in [0.5, 0.6) is 5.75 Å². The Hall–Kier alpha value is -1.98. The number of carbonyl (C=O) groups is 1. The fraction of sp³-hybridized carbons (Fsp3) is 0.591. The van der Waals surface area contributed by atoms with E-state index in [1.807, 2.05) is 13.8 Å². The molecule has 2 atom stereocenters. The van der Waals surface area contributed by atoms with Crippen LogP contribution < -0.4 is 20.0 Å². The van der Waals surface area contributed by atoms with Gasteiger partial charge in [0, 0.05) is 37.7 Å². The summed E-state index contributed by atoms with van der Waals surface area (Å²) in [6, 6.07) is 2.90. The van der Waals surface area contributed by atoms with Gasteiger partial charge in [0.05, 0.1) is 18.8 Å². The number of amides is 1. The highest BCUT2D eigenvalue weighted by Gasteiger charge is 2.53. The summed E-state index contributed by atoms with van der Waals surface area (Å²) in [5.74, 6) is 0.137. The summed E-state index contributed by atoms with van der Waals surface area (Å²) in [6.07, 6.45) is -1.61. The van der Waals surface area contributed by atoms with Crippen LogP contribution in [0.15, 0.2) is 24.3 Å². The van der Waals surface area contributed by atoms with E-state index in [1.54, 1.807) is 18.2 Å². The zero-order valence-electron chi connectivity index (χ0n) is 19.6. The largest absolute Gasteiger partial charge is 0.494 e. The van der Waals surface area contributed by atoms with Crippen molar-refractivity contribution in [1.82, 2.24) is 10.4 Å². The SMILES string of the molecule is CC.COCN1c2c(OC)ccc(C3C=CC(=O)N(CCCCBr)N3)c2N(C)C1C(F)(F)F. The second kappa shape index (κ2) is 11.9. The van der Waals surface area contributed by atoms with Crippen molar-refractivity contribution in [2.24, 2.45) is 0 Å². The molecule has 2 unspecified atom stereocenters. The fourth-order valence-electron chi connectivity index (χ4n) is 4.02. The number of methoxy groups -OCH3 is 2. The highest BCUT2D eigenvalue weighted by molar-refractivity contribution is 9.09. The van der Waals surface area contributed by atoms with Crippen molar-refractivity contribution in [3.63, 3.8) is 0 Å². The highest BCUT2D eigenvalue weighted by Crippen LogP contribution is 2.52. The van der Waals surface area contributed by atoms with Crippen molar-refractivity contribution in [1.29, 1.82) is 0 Å². The lowest BCUT2D eigenvalue weighted by atomic mass is 10.0. The van der Waals surface area contributed by atoms with Gasteiger partial charge in [-0.1, -0.05) is 41.9 Å². The molecule has 0 aliphatic carbocycles. The van der Waals surface area contributed by atoms with Crippen molar-refractivity contribution in [3.8, 4) is 5.75 Å². The van der Waals surface area contributed by atoms with E-state index in [4.69, 9.17) is 9.47 Å². The van der Waals surface area contributed by atoms with Crippen molar-refractivity contribution in [3.05, 3.63) is 29.8 Å². The van der Waals surface area contributed by atoms with Gasteiger partial charge in [-0.3, -0.25) is 9.80 Å². The van der Waals surface area contributed by atoms with E-state index >= 15 is 0 Å². The van der Waals surface area contributed by atoms with Crippen LogP contribution in [0, 0.1) is 0 Å². The third kappa shape index (κ3) is 5.75. The molecule has 2 aliphatic heterocycles. The van der Waals surface area contributed by atoms with Gasteiger partial charge in [0.2, 0.25) is 6.17 Å². The second-order valence-corrected chi connectivity index (χ2v) is 8.11. The maximum absolute atomic E-state index is 14.0. The van der Waals surface area contributed by atoms with Gasteiger partial charge in [0.25, 0.3) is 5.91 Å². The Morgan fingerprint density at radius 1 is 1.15 bits per heavy atom. The van der Waals surface area contributed by atoms with E-state index in [0.29, 0.717) is 29.2 Å². The Morgan fingerprint density at radius 3 is 2.42 bits per heavy atom. The molecule has 2 heterocycles. The lowest BCUT2D eigenvalue weighted by Gasteiger charge is -2.33. The molecule has 0 fully saturated rings. The number of nitrogens with one attached hydrogen (secondary N) is 1. The topological polar surface area (TPSA) is 57.3 Å². The number of anilines is 2. The first-order valence-electron chi connectivity index (χ1n) is 10.8. The molecule has 33 heavy (non-hydrogen) atoms. The molecule has 1 aromatic rings. The quantitative estimate of drug-likeness (QED) is 0.387. The molecular weight excluding hydrogens is 505 g/mol. The summed E-state index contributed by atoms with van der Waals surface area (Å²) in [6.45, 7) is 4.24. The summed E-state index contributed by atoms with van der Waals surface area (Å²) >= 11 is 3.37. The fourth-order valence-corrected chi connectivity index (χ4v) is 4.42. The average molecular weight is 537 g/mol. The van der Waals surface area contributed by atoms with Crippen molar-refractivity contribution in [2.75, 3.05) is 49.7 Å². The minimum Gasteiger partial charge on any atom is -0.494 e. The van der Waals surface area contributed by atoms with E-state index in [1.165, 1.54) is 37.3 Å². The minimum atomic E-state index is -4.53. The summed E-state index contributed by atoms with van der Waals surface area (Å²) in [5.41, 5.74) is 4.46. The van der Waals surface area contributed by atoms with E-state index in [0.717, 1.165) is 23.1 Å². The van der Waals surface area contributed by atoms with E-state index in [2.05, 4.69) is 21.4 Å². The standard InChI is InChI=1S/C20H26BrF3N4O3.C2H6/c1-26-17-13(14-7-9-16(29)28(25-14)11-5-4-10-21)6-8-15(31-3)18(17)27(12-30-2)19(26)20(22,23)24;1-2/h6-9,14,19,25H,4-5,10-12H2,1-3H3;1-2H3. The molecule has 3 rings (SSSR count). The number of benzene rings is 1. The maximum atomic E-state index is 14.0. The summed E-state index contributed by atoms with van der Waals surface area (Å²) in [4.78, 5) is 14.6. The molecule has 1 N–H and O–H groups in total. The van der Waals surface area contributed by atoms with Gasteiger partial charge in [-0.25, -0.2) is 5.43 Å². The number of hydrogen-bond donors (Lipinski definition) is 1. The van der Waals surface area contributed by atoms with Crippen LogP contribution in [0.2, 0.25) is 0 Å². The van der Waals surface area contributed by atoms with Gasteiger partial charge >= 0.3 is 6.18 Å². The molecular formula is C22H32BrF3N4O3. The van der Waals surface area contributed by atoms with E-state index in [9.17, 15) is 18.0 Å². The van der Waals surface area contributed by atoms with Gasteiger partial charge < -0.3 is 19.3 Å². The lowest BCUT2D eigenvalue weighted by Crippen LogP contribution is -2.52. The van der Waals surface area contributed by atoms with Crippen LogP contribution in [0.25, 0.3) is 0 Å². The molecule has 0 aromatic heterocycles. The Balaban J connectivity index is 0.00000187. The molecule has 186 valence electrons. The average Bonchev–Trinajstić information content (AvgIpc) is 3.09. The number of ether oxygens (including phenoxy) is 2. The summed E-state index contributed by atoms with van der Waals surface area (Å²) in [5, 5.41) is 2.34. The molecule has 1 amide bonds. The zero-order chi connectivity index (χ0) is 24.8. The Morgan fingerprint density at radius 2 is 1.85 bits per heavy atom. The first-order valence-corrected chi connectivity index (χ1v) is 11.9. The molecule has 0 bridgehead atoms. The van der Waals surface area contributed by atoms with Gasteiger partial charge in [0.1, 0.15) is 18.2 Å². The number of unbranched alkanes of at least 4 members (excludes halogenated alkanes) is 1. The number of hydrogen-bond acceptors (Lipinski definition) is 6. The summed E-state index contributed by atoms with van der Waals surface area (Å²) in [7, 11) is 4.18. The van der Waals surface area contributed by atoms with Crippen LogP contribution in [0.4, 0.5) is 24.5 Å². The smallest absolute Gasteiger partial charge is 0.427 e. The minimum absolute atomic E-state index is 0.182. The molecule has 0 saturated heterocycles. The molecule has 11 heteroatoms. The normalized spacial score (nSPS) is 20.0. The van der Waals surface area contributed by atoms with Crippen LogP contribution in [0.3, 0.4) is 0 Å². The molecule has 2 aliphatic rings. The van der Waals surface area contributed by atoms with Crippen LogP contribution in [-0.2, 0) is 9.53 Å². The predicted molar refractivity (Wildman–Crippen MR) is 127 cm³/mol. The van der Waals surface area contributed by atoms with Crippen molar-refractivity contribution in [2.45, 2.75) is 45.1 Å². The molecule has 0 spiro atoms. The Bertz CT molecular complexity index is 838. The Labute approximate surface area is 201 Å². The number of fused-ring (bicyclic) bond motifs is 1. The van der Waals surface area contributed by atoms with Crippen LogP contribution in [0.1, 0.15) is 38.3 Å². The maximum Gasteiger partial charge on any atom is 0.427 e. The van der Waals surface area contributed by atoms with Crippen LogP contribution >= 0.6 is 15.9 Å². The van der Waals surface area contributed by atoms with Gasteiger partial charge in [0.15, 0.2) is 0 Å². The highest BCUT2D eigenvalue weighted by atomic mass is 79.9. The number of hydrazine groups is 1. The molecule has 0 saturated carbocycles. The van der Waals surface area contributed by atoms with Gasteiger partial charge in [-0.15, -0.1) is 0 Å². The monoisotopic (exact) mass is 536 g/mol. The molecule has 7 nitrogen and oxygen atoms in total. The molecule has 0 radical (unpaired) electrons. The van der Waals surface area contributed by atoms with Gasteiger partial charge in [-0.2, -0.15) is 13.2 Å². The van der Waals surface area contributed by atoms with Crippen molar-refractivity contribution < 1.29 is 27.4 Å². The zero-order valence-corrected chi connectivity index (χ0v) is 21.2. The first-order chi connectivity index (χ1) is 15.7. The predicted octanol–water partition coefficient (Wildman–Crippen LogP) is 4.59. The number of carbonyl (C=O) groups excluding carboxylic acids is 1. The molecule has 1 aromatic carbocycles. The second-order valence-electron chi connectivity index (χ2n) is 7.32. The Kier molecular flexibility index (Phi) is 9.86. The number of rotatable bonds is 8. The van der Waals surface area contributed by atoms with Crippen molar-refractivity contribution >= 4 is 33.2 Å². The number of halogens is 4. The first kappa shape index (κ1) is 27.3. The summed E-state index contributed by atoms with van der Waals surface area (Å²) < 4.78 is 52.4. The third-order valence-corrected chi connectivity index (χ3v) is 5.88.